The molecule has 0 aliphatic carbocycles. The molecule has 4 rings (SSSR count). The molecule has 0 unspecified atom stereocenters. The zero-order chi connectivity index (χ0) is 22.0. The molecular formula is C22H23F3N4O2. The summed E-state index contributed by atoms with van der Waals surface area (Å²) >= 11 is 0. The minimum absolute atomic E-state index is 0.0943. The number of halogens is 3. The van der Waals surface area contributed by atoms with Gasteiger partial charge in [0.1, 0.15) is 5.75 Å². The van der Waals surface area contributed by atoms with E-state index in [0.717, 1.165) is 17.4 Å². The predicted molar refractivity (Wildman–Crippen MR) is 110 cm³/mol. The molecule has 1 aliphatic rings. The van der Waals surface area contributed by atoms with Crippen LogP contribution >= 0.6 is 0 Å². The lowest BCUT2D eigenvalue weighted by Gasteiger charge is -2.38. The van der Waals surface area contributed by atoms with Crippen molar-refractivity contribution >= 4 is 5.69 Å². The molecule has 0 saturated carbocycles. The van der Waals surface area contributed by atoms with Crippen LogP contribution < -0.4 is 9.64 Å². The van der Waals surface area contributed by atoms with E-state index in [-0.39, 0.29) is 6.04 Å². The maximum absolute atomic E-state index is 13.0. The molecule has 2 aromatic carbocycles. The quantitative estimate of drug-likeness (QED) is 0.585. The number of benzene rings is 2. The van der Waals surface area contributed by atoms with Crippen molar-refractivity contribution in [3.63, 3.8) is 0 Å². The van der Waals surface area contributed by atoms with E-state index in [2.05, 4.69) is 15.1 Å². The van der Waals surface area contributed by atoms with Crippen molar-refractivity contribution in [2.75, 3.05) is 38.2 Å². The monoisotopic (exact) mass is 432 g/mol. The van der Waals surface area contributed by atoms with E-state index in [4.69, 9.17) is 9.15 Å². The lowest BCUT2D eigenvalue weighted by molar-refractivity contribution is -0.137. The van der Waals surface area contributed by atoms with Crippen LogP contribution in [0.1, 0.15) is 24.4 Å². The molecule has 1 atom stereocenters. The minimum Gasteiger partial charge on any atom is -0.497 e. The summed E-state index contributed by atoms with van der Waals surface area (Å²) in [6.45, 7) is 4.58. The first kappa shape index (κ1) is 21.2. The molecule has 9 heteroatoms. The van der Waals surface area contributed by atoms with Crippen LogP contribution in [0.5, 0.6) is 5.75 Å². The summed E-state index contributed by atoms with van der Waals surface area (Å²) in [4.78, 5) is 4.16. The normalized spacial score (nSPS) is 16.4. The van der Waals surface area contributed by atoms with Crippen molar-refractivity contribution in [1.82, 2.24) is 15.1 Å². The van der Waals surface area contributed by atoms with Gasteiger partial charge < -0.3 is 14.1 Å². The zero-order valence-electron chi connectivity index (χ0n) is 17.3. The summed E-state index contributed by atoms with van der Waals surface area (Å²) in [5.41, 5.74) is 0.764. The number of piperazine rings is 1. The first-order chi connectivity index (χ1) is 14.8. The summed E-state index contributed by atoms with van der Waals surface area (Å²) in [6.07, 6.45) is -4.34. The third-order valence-corrected chi connectivity index (χ3v) is 5.54. The Hall–Kier alpha value is -3.07. The van der Waals surface area contributed by atoms with Gasteiger partial charge in [0.15, 0.2) is 0 Å². The third-order valence-electron chi connectivity index (χ3n) is 5.54. The van der Waals surface area contributed by atoms with Gasteiger partial charge in [0.2, 0.25) is 11.8 Å². The van der Waals surface area contributed by atoms with Crippen LogP contribution in [-0.4, -0.2) is 48.4 Å². The van der Waals surface area contributed by atoms with E-state index >= 15 is 0 Å². The minimum atomic E-state index is -4.34. The average molecular weight is 432 g/mol. The van der Waals surface area contributed by atoms with Crippen molar-refractivity contribution in [3.8, 4) is 17.2 Å². The number of methoxy groups -OCH3 is 1. The van der Waals surface area contributed by atoms with Crippen LogP contribution in [0, 0.1) is 0 Å². The highest BCUT2D eigenvalue weighted by Gasteiger charge is 2.31. The summed E-state index contributed by atoms with van der Waals surface area (Å²) < 4.78 is 50.0. The Morgan fingerprint density at radius 3 is 2.35 bits per heavy atom. The second kappa shape index (κ2) is 8.58. The van der Waals surface area contributed by atoms with Crippen LogP contribution in [0.25, 0.3) is 11.5 Å². The number of nitrogens with zero attached hydrogens (tertiary/aromatic N) is 4. The Morgan fingerprint density at radius 1 is 1.00 bits per heavy atom. The number of alkyl halides is 3. The van der Waals surface area contributed by atoms with Crippen LogP contribution in [0.15, 0.2) is 52.9 Å². The number of anilines is 1. The van der Waals surface area contributed by atoms with Crippen molar-refractivity contribution in [3.05, 3.63) is 60.0 Å². The van der Waals surface area contributed by atoms with Gasteiger partial charge in [0, 0.05) is 37.4 Å². The molecule has 2 heterocycles. The fraction of sp³-hybridized carbons (Fsp3) is 0.364. The second-order valence-corrected chi connectivity index (χ2v) is 7.42. The Balaban J connectivity index is 1.39. The number of aromatic nitrogens is 2. The molecule has 31 heavy (non-hydrogen) atoms. The number of hydrogen-bond donors (Lipinski definition) is 0. The first-order valence-electron chi connectivity index (χ1n) is 9.99. The molecule has 1 saturated heterocycles. The highest BCUT2D eigenvalue weighted by Crippen LogP contribution is 2.32. The topological polar surface area (TPSA) is 54.6 Å². The SMILES string of the molecule is COc1ccc(-c2nnc([C@@H](C)N3CCN(c4cccc(C(F)(F)F)c4)CC3)o2)cc1. The molecule has 1 aromatic heterocycles. The largest absolute Gasteiger partial charge is 0.497 e. The molecular weight excluding hydrogens is 409 g/mol. The number of hydrogen-bond acceptors (Lipinski definition) is 6. The van der Waals surface area contributed by atoms with E-state index in [1.807, 2.05) is 36.1 Å². The Bertz CT molecular complexity index is 1010. The highest BCUT2D eigenvalue weighted by atomic mass is 19.4. The van der Waals surface area contributed by atoms with Crippen LogP contribution in [0.2, 0.25) is 0 Å². The molecule has 0 radical (unpaired) electrons. The van der Waals surface area contributed by atoms with Gasteiger partial charge >= 0.3 is 6.18 Å². The average Bonchev–Trinajstić information content (AvgIpc) is 3.28. The van der Waals surface area contributed by atoms with E-state index in [1.165, 1.54) is 12.1 Å². The summed E-state index contributed by atoms with van der Waals surface area (Å²) in [6, 6.07) is 12.7. The molecule has 0 bridgehead atoms. The number of rotatable bonds is 5. The lowest BCUT2D eigenvalue weighted by atomic mass is 10.1. The van der Waals surface area contributed by atoms with Gasteiger partial charge in [-0.2, -0.15) is 13.2 Å². The fourth-order valence-corrected chi connectivity index (χ4v) is 3.66. The summed E-state index contributed by atoms with van der Waals surface area (Å²) in [5, 5.41) is 8.35. The fourth-order valence-electron chi connectivity index (χ4n) is 3.66. The molecule has 1 aliphatic heterocycles. The van der Waals surface area contributed by atoms with Gasteiger partial charge in [0.05, 0.1) is 18.7 Å². The second-order valence-electron chi connectivity index (χ2n) is 7.42. The van der Waals surface area contributed by atoms with Crippen molar-refractivity contribution in [1.29, 1.82) is 0 Å². The van der Waals surface area contributed by atoms with Gasteiger partial charge in [-0.1, -0.05) is 6.07 Å². The van der Waals surface area contributed by atoms with E-state index in [1.54, 1.807) is 13.2 Å². The maximum atomic E-state index is 13.0. The molecule has 3 aromatic rings. The molecule has 1 fully saturated rings. The molecule has 0 amide bonds. The van der Waals surface area contributed by atoms with E-state index in [9.17, 15) is 13.2 Å². The molecule has 6 nitrogen and oxygen atoms in total. The van der Waals surface area contributed by atoms with Crippen molar-refractivity contribution < 1.29 is 22.3 Å². The van der Waals surface area contributed by atoms with Gasteiger partial charge in [0.25, 0.3) is 0 Å². The molecule has 0 spiro atoms. The smallest absolute Gasteiger partial charge is 0.416 e. The predicted octanol–water partition coefficient (Wildman–Crippen LogP) is 4.65. The standard InChI is InChI=1S/C22H23F3N4O2/c1-15(20-26-27-21(31-20)16-6-8-19(30-2)9-7-16)28-10-12-29(13-11-28)18-5-3-4-17(14-18)22(23,24)25/h3-9,14-15H,10-13H2,1-2H3/t15-/m1/s1. The molecule has 0 N–H and O–H groups in total. The van der Waals surface area contributed by atoms with E-state index < -0.39 is 11.7 Å². The van der Waals surface area contributed by atoms with Crippen LogP contribution in [0.4, 0.5) is 18.9 Å². The summed E-state index contributed by atoms with van der Waals surface area (Å²) in [5.74, 6) is 1.70. The number of ether oxygens (including phenoxy) is 1. The molecule has 164 valence electrons. The maximum Gasteiger partial charge on any atom is 0.416 e. The first-order valence-corrected chi connectivity index (χ1v) is 9.99. The Labute approximate surface area is 178 Å². The van der Waals surface area contributed by atoms with E-state index in [0.29, 0.717) is 43.6 Å². The van der Waals surface area contributed by atoms with Gasteiger partial charge in [-0.25, -0.2) is 0 Å². The Morgan fingerprint density at radius 2 is 1.71 bits per heavy atom. The lowest BCUT2D eigenvalue weighted by Crippen LogP contribution is -2.47. The van der Waals surface area contributed by atoms with Crippen molar-refractivity contribution in [2.24, 2.45) is 0 Å². The Kier molecular flexibility index (Phi) is 5.86. The third kappa shape index (κ3) is 4.66. The zero-order valence-corrected chi connectivity index (χ0v) is 17.3. The van der Waals surface area contributed by atoms with Gasteiger partial charge in [-0.3, -0.25) is 4.90 Å². The van der Waals surface area contributed by atoms with Gasteiger partial charge in [-0.05, 0) is 49.4 Å². The van der Waals surface area contributed by atoms with Crippen molar-refractivity contribution in [2.45, 2.75) is 19.1 Å². The van der Waals surface area contributed by atoms with Gasteiger partial charge in [-0.15, -0.1) is 10.2 Å². The summed E-state index contributed by atoms with van der Waals surface area (Å²) in [7, 11) is 1.61. The highest BCUT2D eigenvalue weighted by molar-refractivity contribution is 5.54. The van der Waals surface area contributed by atoms with Crippen LogP contribution in [-0.2, 0) is 6.18 Å². The van der Waals surface area contributed by atoms with Crippen LogP contribution in [0.3, 0.4) is 0 Å².